The fourth-order valence-corrected chi connectivity index (χ4v) is 5.07. The lowest BCUT2D eigenvalue weighted by molar-refractivity contribution is -0.145. The molecule has 4 rings (SSSR count). The first kappa shape index (κ1) is 18.1. The maximum absolute atomic E-state index is 12.8. The largest absolute Gasteiger partial charge is 0.334 e. The zero-order valence-electron chi connectivity index (χ0n) is 15.6. The third-order valence-corrected chi connectivity index (χ3v) is 6.11. The molecule has 2 amide bonds. The van der Waals surface area contributed by atoms with Crippen molar-refractivity contribution in [3.8, 4) is 5.69 Å². The van der Waals surface area contributed by atoms with Crippen LogP contribution in [0.3, 0.4) is 0 Å². The van der Waals surface area contributed by atoms with Gasteiger partial charge in [-0.2, -0.15) is 16.9 Å². The van der Waals surface area contributed by atoms with E-state index in [0.717, 1.165) is 34.9 Å². The standard InChI is InChI=1S/C20H24N4O2S/c1-13-8-14(2)10-23(9-13)20(26)19(25)21-18-16-11-27-12-17(16)22-24(18)15-6-4-3-5-7-15/h3-7,13-14H,8-12H2,1-2H3,(H,21,25)/t13-,14+. The molecule has 1 saturated heterocycles. The molecule has 0 radical (unpaired) electrons. The van der Waals surface area contributed by atoms with E-state index in [1.165, 1.54) is 0 Å². The van der Waals surface area contributed by atoms with Gasteiger partial charge in [0.2, 0.25) is 0 Å². The van der Waals surface area contributed by atoms with Gasteiger partial charge in [-0.15, -0.1) is 0 Å². The lowest BCUT2D eigenvalue weighted by Crippen LogP contribution is -2.47. The minimum Gasteiger partial charge on any atom is -0.334 e. The van der Waals surface area contributed by atoms with Gasteiger partial charge in [-0.05, 0) is 30.4 Å². The Hall–Kier alpha value is -2.28. The highest BCUT2D eigenvalue weighted by Gasteiger charge is 2.31. The molecule has 0 saturated carbocycles. The lowest BCUT2D eigenvalue weighted by atomic mass is 9.92. The number of carbonyl (C=O) groups is 2. The van der Waals surface area contributed by atoms with E-state index in [0.29, 0.717) is 30.7 Å². The number of hydrogen-bond acceptors (Lipinski definition) is 4. The summed E-state index contributed by atoms with van der Waals surface area (Å²) >= 11 is 1.77. The first-order valence-electron chi connectivity index (χ1n) is 9.37. The van der Waals surface area contributed by atoms with Crippen LogP contribution in [-0.2, 0) is 21.1 Å². The van der Waals surface area contributed by atoms with Gasteiger partial charge in [0, 0.05) is 30.2 Å². The Morgan fingerprint density at radius 3 is 2.52 bits per heavy atom. The number of carbonyl (C=O) groups excluding carboxylic acids is 2. The van der Waals surface area contributed by atoms with Gasteiger partial charge in [-0.1, -0.05) is 32.0 Å². The molecule has 2 atom stereocenters. The van der Waals surface area contributed by atoms with Crippen molar-refractivity contribution in [1.82, 2.24) is 14.7 Å². The summed E-state index contributed by atoms with van der Waals surface area (Å²) in [6.45, 7) is 5.54. The number of nitrogens with one attached hydrogen (secondary N) is 1. The first-order valence-corrected chi connectivity index (χ1v) is 10.5. The van der Waals surface area contributed by atoms with Crippen molar-refractivity contribution in [1.29, 1.82) is 0 Å². The minimum absolute atomic E-state index is 0.418. The molecule has 7 heteroatoms. The molecular formula is C20H24N4O2S. The van der Waals surface area contributed by atoms with Crippen LogP contribution in [-0.4, -0.2) is 39.6 Å². The lowest BCUT2D eigenvalue weighted by Gasteiger charge is -2.34. The molecule has 0 spiro atoms. The number of fused-ring (bicyclic) bond motifs is 1. The topological polar surface area (TPSA) is 67.2 Å². The normalized spacial score (nSPS) is 21.8. The maximum Gasteiger partial charge on any atom is 0.315 e. The molecule has 2 aromatic rings. The Labute approximate surface area is 163 Å². The molecule has 1 N–H and O–H groups in total. The average molecular weight is 385 g/mol. The number of anilines is 1. The fraction of sp³-hybridized carbons (Fsp3) is 0.450. The molecule has 1 aromatic carbocycles. The fourth-order valence-electron chi connectivity index (χ4n) is 4.03. The highest BCUT2D eigenvalue weighted by Crippen LogP contribution is 2.36. The Balaban J connectivity index is 1.59. The van der Waals surface area contributed by atoms with E-state index in [2.05, 4.69) is 24.3 Å². The number of hydrogen-bond donors (Lipinski definition) is 1. The van der Waals surface area contributed by atoms with E-state index in [4.69, 9.17) is 0 Å². The molecular weight excluding hydrogens is 360 g/mol. The molecule has 3 heterocycles. The molecule has 142 valence electrons. The van der Waals surface area contributed by atoms with Gasteiger partial charge >= 0.3 is 11.8 Å². The Morgan fingerprint density at radius 1 is 1.11 bits per heavy atom. The summed E-state index contributed by atoms with van der Waals surface area (Å²) in [4.78, 5) is 27.2. The van der Waals surface area contributed by atoms with Gasteiger partial charge < -0.3 is 10.2 Å². The second-order valence-electron chi connectivity index (χ2n) is 7.62. The summed E-state index contributed by atoms with van der Waals surface area (Å²) < 4.78 is 1.75. The molecule has 0 bridgehead atoms. The zero-order valence-corrected chi connectivity index (χ0v) is 16.5. The summed E-state index contributed by atoms with van der Waals surface area (Å²) in [5.41, 5.74) is 2.87. The van der Waals surface area contributed by atoms with E-state index >= 15 is 0 Å². The quantitative estimate of drug-likeness (QED) is 0.808. The van der Waals surface area contributed by atoms with Crippen LogP contribution in [0.5, 0.6) is 0 Å². The van der Waals surface area contributed by atoms with Gasteiger partial charge in [-0.3, -0.25) is 9.59 Å². The number of aromatic nitrogens is 2. The van der Waals surface area contributed by atoms with Crippen molar-refractivity contribution in [2.24, 2.45) is 11.8 Å². The molecule has 0 unspecified atom stereocenters. The number of rotatable bonds is 2. The third kappa shape index (κ3) is 3.60. The number of piperidine rings is 1. The Kier molecular flexibility index (Phi) is 4.95. The number of likely N-dealkylation sites (tertiary alicyclic amines) is 1. The highest BCUT2D eigenvalue weighted by molar-refractivity contribution is 7.98. The maximum atomic E-state index is 12.8. The van der Waals surface area contributed by atoms with Gasteiger partial charge in [0.05, 0.1) is 11.4 Å². The van der Waals surface area contributed by atoms with Crippen LogP contribution in [0.2, 0.25) is 0 Å². The van der Waals surface area contributed by atoms with Crippen molar-refractivity contribution in [3.05, 3.63) is 41.6 Å². The van der Waals surface area contributed by atoms with E-state index < -0.39 is 11.8 Å². The van der Waals surface area contributed by atoms with Crippen molar-refractivity contribution in [2.45, 2.75) is 31.8 Å². The van der Waals surface area contributed by atoms with E-state index in [-0.39, 0.29) is 0 Å². The molecule has 1 aromatic heterocycles. The zero-order chi connectivity index (χ0) is 19.0. The SMILES string of the molecule is C[C@@H]1C[C@H](C)CN(C(=O)C(=O)Nc2c3c(nn2-c2ccccc2)CSC3)C1. The highest BCUT2D eigenvalue weighted by atomic mass is 32.2. The average Bonchev–Trinajstić information content (AvgIpc) is 3.23. The molecule has 1 fully saturated rings. The summed E-state index contributed by atoms with van der Waals surface area (Å²) in [7, 11) is 0. The van der Waals surface area contributed by atoms with Crippen LogP contribution >= 0.6 is 11.8 Å². The minimum atomic E-state index is -0.576. The number of para-hydroxylation sites is 1. The van der Waals surface area contributed by atoms with Gasteiger partial charge in [0.25, 0.3) is 0 Å². The van der Waals surface area contributed by atoms with E-state index in [1.54, 1.807) is 21.3 Å². The third-order valence-electron chi connectivity index (χ3n) is 5.13. The molecule has 2 aliphatic rings. The van der Waals surface area contributed by atoms with Gasteiger partial charge in [0.15, 0.2) is 0 Å². The van der Waals surface area contributed by atoms with E-state index in [1.807, 2.05) is 30.3 Å². The summed E-state index contributed by atoms with van der Waals surface area (Å²) in [5, 5.41) is 7.54. The second-order valence-corrected chi connectivity index (χ2v) is 8.61. The monoisotopic (exact) mass is 384 g/mol. The van der Waals surface area contributed by atoms with Gasteiger partial charge in [-0.25, -0.2) is 4.68 Å². The van der Waals surface area contributed by atoms with Crippen LogP contribution in [0.4, 0.5) is 5.82 Å². The van der Waals surface area contributed by atoms with Gasteiger partial charge in [0.1, 0.15) is 5.82 Å². The number of nitrogens with zero attached hydrogens (tertiary/aromatic N) is 3. The van der Waals surface area contributed by atoms with E-state index in [9.17, 15) is 9.59 Å². The second kappa shape index (κ2) is 7.38. The summed E-state index contributed by atoms with van der Waals surface area (Å²) in [6.07, 6.45) is 1.09. The number of thioether (sulfide) groups is 1. The van der Waals surface area contributed by atoms with Crippen LogP contribution in [0.15, 0.2) is 30.3 Å². The van der Waals surface area contributed by atoms with Crippen LogP contribution in [0.1, 0.15) is 31.5 Å². The molecule has 6 nitrogen and oxygen atoms in total. The Morgan fingerprint density at radius 2 is 1.81 bits per heavy atom. The first-order chi connectivity index (χ1) is 13.0. The summed E-state index contributed by atoms with van der Waals surface area (Å²) in [6, 6.07) is 9.70. The van der Waals surface area contributed by atoms with Crippen LogP contribution in [0.25, 0.3) is 5.69 Å². The van der Waals surface area contributed by atoms with Crippen molar-refractivity contribution in [2.75, 3.05) is 18.4 Å². The van der Waals surface area contributed by atoms with Crippen molar-refractivity contribution in [3.63, 3.8) is 0 Å². The predicted molar refractivity (Wildman–Crippen MR) is 107 cm³/mol. The number of amides is 2. The molecule has 2 aliphatic heterocycles. The predicted octanol–water partition coefficient (Wildman–Crippen LogP) is 3.06. The van der Waals surface area contributed by atoms with Crippen molar-refractivity contribution >= 4 is 29.4 Å². The smallest absolute Gasteiger partial charge is 0.315 e. The van der Waals surface area contributed by atoms with Crippen LogP contribution in [0, 0.1) is 11.8 Å². The van der Waals surface area contributed by atoms with Crippen LogP contribution < -0.4 is 5.32 Å². The Bertz CT molecular complexity index is 854. The molecule has 0 aliphatic carbocycles. The number of benzene rings is 1. The van der Waals surface area contributed by atoms with Crippen molar-refractivity contribution < 1.29 is 9.59 Å². The summed E-state index contributed by atoms with van der Waals surface area (Å²) in [5.74, 6) is 2.05. The molecule has 27 heavy (non-hydrogen) atoms.